The van der Waals surface area contributed by atoms with Gasteiger partial charge in [-0.1, -0.05) is 36.4 Å². The van der Waals surface area contributed by atoms with Gasteiger partial charge in [-0.2, -0.15) is 5.10 Å². The molecule has 166 valence electrons. The van der Waals surface area contributed by atoms with Gasteiger partial charge in [-0.05, 0) is 53.6 Å². The Morgan fingerprint density at radius 1 is 1.00 bits per heavy atom. The highest BCUT2D eigenvalue weighted by Crippen LogP contribution is 2.19. The van der Waals surface area contributed by atoms with Gasteiger partial charge in [-0.15, -0.1) is 0 Å². The molecule has 3 aromatic carbocycles. The van der Waals surface area contributed by atoms with E-state index in [2.05, 4.69) is 20.8 Å². The van der Waals surface area contributed by atoms with Crippen molar-refractivity contribution >= 4 is 28.9 Å². The van der Waals surface area contributed by atoms with E-state index in [-0.39, 0.29) is 5.91 Å². The number of carbonyl (C=O) groups is 2. The lowest BCUT2D eigenvalue weighted by Crippen LogP contribution is -2.46. The smallest absolute Gasteiger partial charge is 0.262 e. The average molecular weight is 441 g/mol. The fourth-order valence-corrected chi connectivity index (χ4v) is 3.50. The molecule has 0 fully saturated rings. The van der Waals surface area contributed by atoms with Gasteiger partial charge in [0.05, 0.1) is 13.3 Å². The van der Waals surface area contributed by atoms with Crippen molar-refractivity contribution in [2.75, 3.05) is 7.11 Å². The van der Waals surface area contributed by atoms with Gasteiger partial charge in [0.25, 0.3) is 11.8 Å². The Labute approximate surface area is 191 Å². The minimum Gasteiger partial charge on any atom is -0.497 e. The normalized spacial score (nSPS) is 11.9. The molecule has 2 amide bonds. The zero-order valence-electron chi connectivity index (χ0n) is 18.1. The fraction of sp³-hybridized carbons (Fsp3) is 0.115. The van der Waals surface area contributed by atoms with Gasteiger partial charge in [0, 0.05) is 29.1 Å². The van der Waals surface area contributed by atoms with Crippen LogP contribution in [0.4, 0.5) is 0 Å². The highest BCUT2D eigenvalue weighted by atomic mass is 16.5. The van der Waals surface area contributed by atoms with Crippen LogP contribution in [0.15, 0.2) is 90.2 Å². The number of methoxy groups -OCH3 is 1. The SMILES string of the molecule is COc1ccc(C=NNC(=O)C(Cc2c[nH]c3ccccc23)NC(=O)c2ccccc2)cc1. The van der Waals surface area contributed by atoms with Gasteiger partial charge in [0.2, 0.25) is 0 Å². The zero-order chi connectivity index (χ0) is 23.0. The van der Waals surface area contributed by atoms with E-state index in [1.807, 2.05) is 60.8 Å². The maximum Gasteiger partial charge on any atom is 0.262 e. The molecular formula is C26H24N4O3. The predicted molar refractivity (Wildman–Crippen MR) is 128 cm³/mol. The lowest BCUT2D eigenvalue weighted by molar-refractivity contribution is -0.122. The third-order valence-electron chi connectivity index (χ3n) is 5.26. The summed E-state index contributed by atoms with van der Waals surface area (Å²) in [7, 11) is 1.60. The van der Waals surface area contributed by atoms with Crippen LogP contribution >= 0.6 is 0 Å². The number of fused-ring (bicyclic) bond motifs is 1. The van der Waals surface area contributed by atoms with Gasteiger partial charge in [0.1, 0.15) is 11.8 Å². The van der Waals surface area contributed by atoms with E-state index < -0.39 is 11.9 Å². The van der Waals surface area contributed by atoms with Crippen LogP contribution in [0, 0.1) is 0 Å². The summed E-state index contributed by atoms with van der Waals surface area (Å²) in [5.74, 6) is 0.00246. The molecule has 7 nitrogen and oxygen atoms in total. The summed E-state index contributed by atoms with van der Waals surface area (Å²) in [5.41, 5.74) is 5.74. The van der Waals surface area contributed by atoms with Crippen LogP contribution in [0.1, 0.15) is 21.5 Å². The second kappa shape index (κ2) is 10.3. The van der Waals surface area contributed by atoms with E-state index >= 15 is 0 Å². The van der Waals surface area contributed by atoms with Crippen LogP contribution in [0.25, 0.3) is 10.9 Å². The number of aromatic amines is 1. The van der Waals surface area contributed by atoms with Crippen molar-refractivity contribution in [2.24, 2.45) is 5.10 Å². The number of rotatable bonds is 8. The molecule has 1 aromatic heterocycles. The first-order valence-corrected chi connectivity index (χ1v) is 10.5. The summed E-state index contributed by atoms with van der Waals surface area (Å²) < 4.78 is 5.14. The molecule has 1 unspecified atom stereocenters. The second-order valence-electron chi connectivity index (χ2n) is 7.46. The van der Waals surface area contributed by atoms with Crippen LogP contribution in [0.3, 0.4) is 0 Å². The summed E-state index contributed by atoms with van der Waals surface area (Å²) in [6.45, 7) is 0. The Hall–Kier alpha value is -4.39. The van der Waals surface area contributed by atoms with Crippen LogP contribution in [0.2, 0.25) is 0 Å². The van der Waals surface area contributed by atoms with E-state index in [1.165, 1.54) is 0 Å². The van der Waals surface area contributed by atoms with Crippen molar-refractivity contribution < 1.29 is 14.3 Å². The fourth-order valence-electron chi connectivity index (χ4n) is 3.50. The third kappa shape index (κ3) is 5.46. The Morgan fingerprint density at radius 2 is 1.73 bits per heavy atom. The number of aromatic nitrogens is 1. The number of H-pyrrole nitrogens is 1. The van der Waals surface area contributed by atoms with E-state index in [0.717, 1.165) is 27.8 Å². The molecule has 0 aliphatic heterocycles. The van der Waals surface area contributed by atoms with E-state index in [9.17, 15) is 9.59 Å². The topological polar surface area (TPSA) is 95.6 Å². The molecule has 4 rings (SSSR count). The highest BCUT2D eigenvalue weighted by molar-refractivity contribution is 5.98. The van der Waals surface area contributed by atoms with Crippen molar-refractivity contribution in [3.8, 4) is 5.75 Å². The summed E-state index contributed by atoms with van der Waals surface area (Å²) in [6, 6.07) is 23.1. The largest absolute Gasteiger partial charge is 0.497 e. The number of nitrogens with zero attached hydrogens (tertiary/aromatic N) is 1. The molecule has 4 aromatic rings. The first-order chi connectivity index (χ1) is 16.1. The monoisotopic (exact) mass is 440 g/mol. The van der Waals surface area contributed by atoms with Crippen molar-refractivity contribution in [1.29, 1.82) is 0 Å². The Kier molecular flexibility index (Phi) is 6.80. The number of hydrogen-bond donors (Lipinski definition) is 3. The summed E-state index contributed by atoms with van der Waals surface area (Å²) in [5, 5.41) is 7.92. The van der Waals surface area contributed by atoms with Crippen molar-refractivity contribution in [1.82, 2.24) is 15.7 Å². The first kappa shape index (κ1) is 21.8. The molecule has 0 aliphatic rings. The Balaban J connectivity index is 1.51. The number of hydrazone groups is 1. The number of nitrogens with one attached hydrogen (secondary N) is 3. The number of para-hydroxylation sites is 1. The number of carbonyl (C=O) groups excluding carboxylic acids is 2. The molecule has 0 saturated heterocycles. The number of ether oxygens (including phenoxy) is 1. The molecule has 3 N–H and O–H groups in total. The van der Waals surface area contributed by atoms with E-state index in [4.69, 9.17) is 4.74 Å². The molecule has 1 heterocycles. The molecule has 7 heteroatoms. The standard InChI is InChI=1S/C26H24N4O3/c1-33-21-13-11-18(12-14-21)16-28-30-26(32)24(29-25(31)19-7-3-2-4-8-19)15-20-17-27-23-10-6-5-9-22(20)23/h2-14,16-17,24,27H,15H2,1H3,(H,29,31)(H,30,32). The Morgan fingerprint density at radius 3 is 2.48 bits per heavy atom. The van der Waals surface area contributed by atoms with Crippen LogP contribution < -0.4 is 15.5 Å². The van der Waals surface area contributed by atoms with Gasteiger partial charge >= 0.3 is 0 Å². The molecule has 1 atom stereocenters. The van der Waals surface area contributed by atoms with Crippen molar-refractivity contribution in [2.45, 2.75) is 12.5 Å². The number of benzene rings is 3. The zero-order valence-corrected chi connectivity index (χ0v) is 18.1. The maximum absolute atomic E-state index is 13.0. The highest BCUT2D eigenvalue weighted by Gasteiger charge is 2.23. The van der Waals surface area contributed by atoms with Gasteiger partial charge in [0.15, 0.2) is 0 Å². The molecular weight excluding hydrogens is 416 g/mol. The molecule has 0 radical (unpaired) electrons. The van der Waals surface area contributed by atoms with E-state index in [0.29, 0.717) is 12.0 Å². The predicted octanol–water partition coefficient (Wildman–Crippen LogP) is 3.67. The average Bonchev–Trinajstić information content (AvgIpc) is 3.27. The summed E-state index contributed by atoms with van der Waals surface area (Å²) in [4.78, 5) is 29.0. The van der Waals surface area contributed by atoms with Crippen molar-refractivity contribution in [3.63, 3.8) is 0 Å². The second-order valence-corrected chi connectivity index (χ2v) is 7.46. The first-order valence-electron chi connectivity index (χ1n) is 10.5. The van der Waals surface area contributed by atoms with Crippen LogP contribution in [-0.4, -0.2) is 36.2 Å². The molecule has 0 saturated carbocycles. The molecule has 0 bridgehead atoms. The number of hydrogen-bond acceptors (Lipinski definition) is 4. The van der Waals surface area contributed by atoms with Crippen LogP contribution in [-0.2, 0) is 11.2 Å². The maximum atomic E-state index is 13.0. The minimum absolute atomic E-state index is 0.312. The summed E-state index contributed by atoms with van der Waals surface area (Å²) >= 11 is 0. The van der Waals surface area contributed by atoms with Gasteiger partial charge in [-0.25, -0.2) is 5.43 Å². The third-order valence-corrected chi connectivity index (χ3v) is 5.26. The number of amides is 2. The van der Waals surface area contributed by atoms with Gasteiger partial charge in [-0.3, -0.25) is 9.59 Å². The molecule has 0 aliphatic carbocycles. The lowest BCUT2D eigenvalue weighted by Gasteiger charge is -2.17. The van der Waals surface area contributed by atoms with E-state index in [1.54, 1.807) is 37.6 Å². The quantitative estimate of drug-likeness (QED) is 0.288. The minimum atomic E-state index is -0.815. The van der Waals surface area contributed by atoms with Crippen LogP contribution in [0.5, 0.6) is 5.75 Å². The van der Waals surface area contributed by atoms with Crippen molar-refractivity contribution in [3.05, 3.63) is 102 Å². The molecule has 33 heavy (non-hydrogen) atoms. The molecule has 0 spiro atoms. The summed E-state index contributed by atoms with van der Waals surface area (Å²) in [6.07, 6.45) is 3.71. The lowest BCUT2D eigenvalue weighted by atomic mass is 10.0. The van der Waals surface area contributed by atoms with Gasteiger partial charge < -0.3 is 15.0 Å². The Bertz CT molecular complexity index is 1260.